The summed E-state index contributed by atoms with van der Waals surface area (Å²) in [5, 5.41) is 9.30. The van der Waals surface area contributed by atoms with Gasteiger partial charge in [0.2, 0.25) is 5.91 Å². The Balaban J connectivity index is 2.72. The first kappa shape index (κ1) is 16.2. The number of rotatable bonds is 6. The average molecular weight is 296 g/mol. The molecule has 5 heteroatoms. The molecular weight excluding hydrogens is 278 g/mol. The molecule has 1 N–H and O–H groups in total. The fourth-order valence-corrected chi connectivity index (χ4v) is 1.91. The monoisotopic (exact) mass is 295 g/mol. The van der Waals surface area contributed by atoms with E-state index >= 15 is 0 Å². The molecule has 20 heavy (non-hydrogen) atoms. The SMILES string of the molecule is CC(C)N(CCC(=O)O)C(=O)/C=C/c1cccc(Cl)c1. The number of benzene rings is 1. The van der Waals surface area contributed by atoms with E-state index < -0.39 is 5.97 Å². The highest BCUT2D eigenvalue weighted by Crippen LogP contribution is 2.12. The molecule has 0 radical (unpaired) electrons. The van der Waals surface area contributed by atoms with Crippen LogP contribution in [0.2, 0.25) is 5.02 Å². The van der Waals surface area contributed by atoms with Crippen LogP contribution >= 0.6 is 11.6 Å². The highest BCUT2D eigenvalue weighted by atomic mass is 35.5. The molecule has 1 aromatic carbocycles. The molecular formula is C15H18ClNO3. The number of amides is 1. The lowest BCUT2D eigenvalue weighted by atomic mass is 10.2. The summed E-state index contributed by atoms with van der Waals surface area (Å²) in [5.74, 6) is -1.12. The van der Waals surface area contributed by atoms with Gasteiger partial charge in [-0.3, -0.25) is 9.59 Å². The van der Waals surface area contributed by atoms with Crippen LogP contribution in [0.3, 0.4) is 0 Å². The van der Waals surface area contributed by atoms with Crippen LogP contribution in [0, 0.1) is 0 Å². The fraction of sp³-hybridized carbons (Fsp3) is 0.333. The molecule has 4 nitrogen and oxygen atoms in total. The molecule has 0 saturated heterocycles. The van der Waals surface area contributed by atoms with Crippen molar-refractivity contribution in [1.82, 2.24) is 4.90 Å². The van der Waals surface area contributed by atoms with Gasteiger partial charge in [-0.2, -0.15) is 0 Å². The van der Waals surface area contributed by atoms with Crippen molar-refractivity contribution in [2.24, 2.45) is 0 Å². The van der Waals surface area contributed by atoms with Crippen molar-refractivity contribution in [2.45, 2.75) is 26.3 Å². The van der Waals surface area contributed by atoms with Crippen LogP contribution in [0.5, 0.6) is 0 Å². The number of nitrogens with zero attached hydrogens (tertiary/aromatic N) is 1. The summed E-state index contributed by atoms with van der Waals surface area (Å²) < 4.78 is 0. The summed E-state index contributed by atoms with van der Waals surface area (Å²) >= 11 is 5.86. The molecule has 0 bridgehead atoms. The van der Waals surface area contributed by atoms with Gasteiger partial charge in [0.1, 0.15) is 0 Å². The number of carbonyl (C=O) groups is 2. The van der Waals surface area contributed by atoms with E-state index in [2.05, 4.69) is 0 Å². The van der Waals surface area contributed by atoms with Gasteiger partial charge in [-0.1, -0.05) is 23.7 Å². The van der Waals surface area contributed by atoms with Gasteiger partial charge in [-0.05, 0) is 37.6 Å². The van der Waals surface area contributed by atoms with Crippen LogP contribution in [0.1, 0.15) is 25.8 Å². The first-order valence-corrected chi connectivity index (χ1v) is 6.74. The van der Waals surface area contributed by atoms with Crippen LogP contribution in [0.4, 0.5) is 0 Å². The summed E-state index contributed by atoms with van der Waals surface area (Å²) in [6.07, 6.45) is 3.05. The molecule has 0 unspecified atom stereocenters. The molecule has 0 aromatic heterocycles. The molecule has 0 saturated carbocycles. The quantitative estimate of drug-likeness (QED) is 0.821. The Morgan fingerprint density at radius 1 is 1.40 bits per heavy atom. The molecule has 108 valence electrons. The molecule has 1 amide bonds. The second-order valence-corrected chi connectivity index (χ2v) is 5.09. The van der Waals surface area contributed by atoms with E-state index in [0.717, 1.165) is 5.56 Å². The minimum absolute atomic E-state index is 0.0501. The first-order valence-electron chi connectivity index (χ1n) is 6.36. The van der Waals surface area contributed by atoms with Crippen LogP contribution in [-0.2, 0) is 9.59 Å². The first-order chi connectivity index (χ1) is 9.40. The van der Waals surface area contributed by atoms with E-state index in [1.165, 1.54) is 11.0 Å². The van der Waals surface area contributed by atoms with Gasteiger partial charge in [0.25, 0.3) is 0 Å². The Morgan fingerprint density at radius 3 is 2.65 bits per heavy atom. The second-order valence-electron chi connectivity index (χ2n) is 4.66. The second kappa shape index (κ2) is 7.70. The number of carboxylic acid groups (broad SMARTS) is 1. The van der Waals surface area contributed by atoms with Crippen molar-refractivity contribution in [2.75, 3.05) is 6.54 Å². The molecule has 0 fully saturated rings. The fourth-order valence-electron chi connectivity index (χ4n) is 1.71. The van der Waals surface area contributed by atoms with Crippen molar-refractivity contribution in [3.05, 3.63) is 40.9 Å². The third-order valence-corrected chi connectivity index (χ3v) is 2.98. The van der Waals surface area contributed by atoms with Gasteiger partial charge in [0, 0.05) is 23.7 Å². The summed E-state index contributed by atoms with van der Waals surface area (Å²) in [5.41, 5.74) is 0.827. The summed E-state index contributed by atoms with van der Waals surface area (Å²) in [6, 6.07) is 7.10. The Kier molecular flexibility index (Phi) is 6.25. The summed E-state index contributed by atoms with van der Waals surface area (Å²) in [7, 11) is 0. The predicted octanol–water partition coefficient (Wildman–Crippen LogP) is 3.06. The normalized spacial score (nSPS) is 11.0. The van der Waals surface area contributed by atoms with Gasteiger partial charge in [0.05, 0.1) is 6.42 Å². The van der Waals surface area contributed by atoms with E-state index in [1.807, 2.05) is 19.9 Å². The number of aliphatic carboxylic acids is 1. The minimum Gasteiger partial charge on any atom is -0.481 e. The minimum atomic E-state index is -0.915. The van der Waals surface area contributed by atoms with Gasteiger partial charge in [-0.15, -0.1) is 0 Å². The predicted molar refractivity (Wildman–Crippen MR) is 79.6 cm³/mol. The van der Waals surface area contributed by atoms with E-state index in [9.17, 15) is 9.59 Å². The number of hydrogen-bond acceptors (Lipinski definition) is 2. The molecule has 0 aliphatic rings. The Morgan fingerprint density at radius 2 is 2.10 bits per heavy atom. The largest absolute Gasteiger partial charge is 0.481 e. The molecule has 0 atom stereocenters. The van der Waals surface area contributed by atoms with Gasteiger partial charge < -0.3 is 10.0 Å². The van der Waals surface area contributed by atoms with E-state index in [1.54, 1.807) is 24.3 Å². The number of carbonyl (C=O) groups excluding carboxylic acids is 1. The number of hydrogen-bond donors (Lipinski definition) is 1. The number of halogens is 1. The Labute approximate surface area is 123 Å². The molecule has 0 heterocycles. The van der Waals surface area contributed by atoms with Crippen LogP contribution in [0.15, 0.2) is 30.3 Å². The lowest BCUT2D eigenvalue weighted by Crippen LogP contribution is -2.37. The van der Waals surface area contributed by atoms with Gasteiger partial charge in [0.15, 0.2) is 0 Å². The van der Waals surface area contributed by atoms with E-state index in [4.69, 9.17) is 16.7 Å². The van der Waals surface area contributed by atoms with Crippen molar-refractivity contribution in [3.8, 4) is 0 Å². The molecule has 0 aliphatic heterocycles. The maximum absolute atomic E-state index is 12.1. The van der Waals surface area contributed by atoms with Crippen LogP contribution < -0.4 is 0 Å². The standard InChI is InChI=1S/C15H18ClNO3/c1-11(2)17(9-8-15(19)20)14(18)7-6-12-4-3-5-13(16)10-12/h3-7,10-11H,8-9H2,1-2H3,(H,19,20)/b7-6+. The van der Waals surface area contributed by atoms with Crippen LogP contribution in [-0.4, -0.2) is 34.5 Å². The van der Waals surface area contributed by atoms with E-state index in [0.29, 0.717) is 5.02 Å². The van der Waals surface area contributed by atoms with Crippen LogP contribution in [0.25, 0.3) is 6.08 Å². The van der Waals surface area contributed by atoms with Crippen molar-refractivity contribution < 1.29 is 14.7 Å². The van der Waals surface area contributed by atoms with Gasteiger partial charge >= 0.3 is 5.97 Å². The number of carboxylic acids is 1. The Bertz CT molecular complexity index is 512. The summed E-state index contributed by atoms with van der Waals surface area (Å²) in [4.78, 5) is 24.2. The Hall–Kier alpha value is -1.81. The zero-order valence-electron chi connectivity index (χ0n) is 11.5. The maximum atomic E-state index is 12.1. The maximum Gasteiger partial charge on any atom is 0.305 e. The lowest BCUT2D eigenvalue weighted by Gasteiger charge is -2.24. The molecule has 1 aromatic rings. The van der Waals surface area contributed by atoms with Crippen molar-refractivity contribution in [3.63, 3.8) is 0 Å². The zero-order chi connectivity index (χ0) is 15.1. The third kappa shape index (κ3) is 5.45. The van der Waals surface area contributed by atoms with Crippen molar-refractivity contribution in [1.29, 1.82) is 0 Å². The van der Waals surface area contributed by atoms with Gasteiger partial charge in [-0.25, -0.2) is 0 Å². The third-order valence-electron chi connectivity index (χ3n) is 2.74. The molecule has 0 spiro atoms. The smallest absolute Gasteiger partial charge is 0.305 e. The van der Waals surface area contributed by atoms with E-state index in [-0.39, 0.29) is 24.9 Å². The average Bonchev–Trinajstić information content (AvgIpc) is 2.36. The molecule has 1 rings (SSSR count). The summed E-state index contributed by atoms with van der Waals surface area (Å²) in [6.45, 7) is 3.91. The molecule has 0 aliphatic carbocycles. The topological polar surface area (TPSA) is 57.6 Å². The lowest BCUT2D eigenvalue weighted by molar-refractivity contribution is -0.138. The van der Waals surface area contributed by atoms with Crippen molar-refractivity contribution >= 4 is 29.6 Å². The zero-order valence-corrected chi connectivity index (χ0v) is 12.3. The highest BCUT2D eigenvalue weighted by molar-refractivity contribution is 6.30. The highest BCUT2D eigenvalue weighted by Gasteiger charge is 2.15.